The second-order valence-electron chi connectivity index (χ2n) is 10.0. The molecule has 1 N–H and O–H groups in total. The Balaban J connectivity index is 1.40. The maximum atomic E-state index is 13.3. The molecule has 0 radical (unpaired) electrons. The van der Waals surface area contributed by atoms with Crippen molar-refractivity contribution < 1.29 is 14.3 Å². The van der Waals surface area contributed by atoms with Crippen LogP contribution in [0.3, 0.4) is 0 Å². The monoisotopic (exact) mass is 475 g/mol. The van der Waals surface area contributed by atoms with Crippen molar-refractivity contribution in [2.45, 2.75) is 58.1 Å². The first-order valence-corrected chi connectivity index (χ1v) is 12.6. The van der Waals surface area contributed by atoms with Crippen LogP contribution >= 0.6 is 0 Å². The van der Waals surface area contributed by atoms with E-state index < -0.39 is 6.04 Å². The summed E-state index contributed by atoms with van der Waals surface area (Å²) in [6.07, 6.45) is 11.4. The molecule has 4 atom stereocenters. The molecule has 2 aliphatic rings. The summed E-state index contributed by atoms with van der Waals surface area (Å²) >= 11 is 0. The molecule has 1 aromatic carbocycles. The number of nitrogens with zero attached hydrogens (tertiary/aromatic N) is 4. The van der Waals surface area contributed by atoms with E-state index in [1.165, 1.54) is 0 Å². The van der Waals surface area contributed by atoms with Gasteiger partial charge < -0.3 is 15.0 Å². The number of allylic oxidation sites excluding steroid dienone is 1. The average molecular weight is 476 g/mol. The van der Waals surface area contributed by atoms with Gasteiger partial charge in [0.25, 0.3) is 0 Å². The highest BCUT2D eigenvalue weighted by atomic mass is 16.5. The molecule has 0 unspecified atom stereocenters. The number of aromatic nitrogens is 3. The Hall–Kier alpha value is -3.42. The van der Waals surface area contributed by atoms with Crippen LogP contribution in [0.4, 0.5) is 0 Å². The smallest absolute Gasteiger partial charge is 0.243 e. The van der Waals surface area contributed by atoms with Gasteiger partial charge in [-0.05, 0) is 43.2 Å². The van der Waals surface area contributed by atoms with Crippen LogP contribution in [-0.2, 0) is 9.59 Å². The maximum absolute atomic E-state index is 13.3. The first-order valence-electron chi connectivity index (χ1n) is 12.6. The van der Waals surface area contributed by atoms with E-state index in [1.807, 2.05) is 40.9 Å². The van der Waals surface area contributed by atoms with Gasteiger partial charge in [-0.3, -0.25) is 14.0 Å². The first kappa shape index (κ1) is 23.3. The van der Waals surface area contributed by atoms with Crippen LogP contribution in [0, 0.1) is 11.8 Å². The molecule has 8 heteroatoms. The summed E-state index contributed by atoms with van der Waals surface area (Å²) in [7, 11) is 0. The number of rotatable bonds is 2. The van der Waals surface area contributed by atoms with Crippen molar-refractivity contribution >= 4 is 28.5 Å². The molecule has 1 fully saturated rings. The van der Waals surface area contributed by atoms with E-state index >= 15 is 0 Å². The third-order valence-corrected chi connectivity index (χ3v) is 7.10. The molecule has 2 amide bonds. The number of amides is 2. The Labute approximate surface area is 205 Å². The molecule has 0 bridgehead atoms. The molecule has 184 valence electrons. The maximum Gasteiger partial charge on any atom is 0.243 e. The van der Waals surface area contributed by atoms with E-state index in [0.717, 1.165) is 30.2 Å². The summed E-state index contributed by atoms with van der Waals surface area (Å²) in [5, 5.41) is 3.85. The summed E-state index contributed by atoms with van der Waals surface area (Å²) in [5.41, 5.74) is 0.950. The summed E-state index contributed by atoms with van der Waals surface area (Å²) in [4.78, 5) is 37.1. The molecule has 0 spiro atoms. The van der Waals surface area contributed by atoms with E-state index in [2.05, 4.69) is 35.2 Å². The minimum absolute atomic E-state index is 0.0186. The molecule has 3 aromatic rings. The van der Waals surface area contributed by atoms with E-state index in [9.17, 15) is 9.59 Å². The van der Waals surface area contributed by atoms with E-state index in [4.69, 9.17) is 4.74 Å². The fourth-order valence-electron chi connectivity index (χ4n) is 5.40. The van der Waals surface area contributed by atoms with Gasteiger partial charge in [-0.15, -0.1) is 0 Å². The summed E-state index contributed by atoms with van der Waals surface area (Å²) in [6, 6.07) is 7.34. The number of para-hydroxylation sites is 1. The molecule has 35 heavy (non-hydrogen) atoms. The van der Waals surface area contributed by atoms with Gasteiger partial charge in [-0.1, -0.05) is 38.1 Å². The van der Waals surface area contributed by atoms with Crippen molar-refractivity contribution in [2.75, 3.05) is 13.1 Å². The number of imidazole rings is 1. The largest absolute Gasteiger partial charge is 0.472 e. The van der Waals surface area contributed by atoms with Gasteiger partial charge in [-0.2, -0.15) is 4.98 Å². The second kappa shape index (κ2) is 10.1. The molecule has 8 nitrogen and oxygen atoms in total. The lowest BCUT2D eigenvalue weighted by molar-refractivity contribution is -0.139. The molecule has 0 saturated carbocycles. The molecule has 1 saturated heterocycles. The minimum atomic E-state index is -0.546. The first-order chi connectivity index (χ1) is 17.0. The summed E-state index contributed by atoms with van der Waals surface area (Å²) in [6.45, 7) is 5.21. The Bertz CT molecular complexity index is 1250. The van der Waals surface area contributed by atoms with Crippen LogP contribution in [0.15, 0.2) is 48.8 Å². The fraction of sp³-hybridized carbons (Fsp3) is 0.481. The van der Waals surface area contributed by atoms with Crippen molar-refractivity contribution in [3.8, 4) is 5.88 Å². The number of ether oxygens (including phenoxy) is 1. The second-order valence-corrected chi connectivity index (χ2v) is 10.0. The van der Waals surface area contributed by atoms with Gasteiger partial charge in [0.15, 0.2) is 0 Å². The van der Waals surface area contributed by atoms with Crippen LogP contribution in [0.1, 0.15) is 46.0 Å². The molecule has 2 aromatic heterocycles. The van der Waals surface area contributed by atoms with Crippen LogP contribution in [0.25, 0.3) is 16.7 Å². The topological polar surface area (TPSA) is 88.8 Å². The van der Waals surface area contributed by atoms with Gasteiger partial charge in [0.2, 0.25) is 23.5 Å². The third-order valence-electron chi connectivity index (χ3n) is 7.10. The molecule has 4 heterocycles. The zero-order chi connectivity index (χ0) is 24.4. The van der Waals surface area contributed by atoms with Crippen LogP contribution in [-0.4, -0.2) is 56.3 Å². The van der Waals surface area contributed by atoms with Gasteiger partial charge in [0.05, 0.1) is 17.4 Å². The normalized spacial score (nSPS) is 27.4. The lowest BCUT2D eigenvalue weighted by Crippen LogP contribution is -2.46. The fourth-order valence-corrected chi connectivity index (χ4v) is 5.40. The molecule has 0 aliphatic carbocycles. The highest BCUT2D eigenvalue weighted by Gasteiger charge is 2.41. The number of carbonyl (C=O) groups excluding carboxylic acids is 2. The Morgan fingerprint density at radius 2 is 1.94 bits per heavy atom. The molecular formula is C27H33N5O3. The Morgan fingerprint density at radius 3 is 2.83 bits per heavy atom. The Kier molecular flexibility index (Phi) is 6.70. The molecular weight excluding hydrogens is 442 g/mol. The van der Waals surface area contributed by atoms with Crippen molar-refractivity contribution in [3.05, 3.63) is 48.8 Å². The number of nitrogens with one attached hydrogen (secondary N) is 1. The Morgan fingerprint density at radius 1 is 1.09 bits per heavy atom. The van der Waals surface area contributed by atoms with Crippen molar-refractivity contribution in [2.24, 2.45) is 11.8 Å². The lowest BCUT2D eigenvalue weighted by atomic mass is 9.91. The van der Waals surface area contributed by atoms with Crippen LogP contribution in [0.2, 0.25) is 0 Å². The van der Waals surface area contributed by atoms with Crippen LogP contribution < -0.4 is 10.1 Å². The number of hydrogen-bond acceptors (Lipinski definition) is 5. The highest BCUT2D eigenvalue weighted by molar-refractivity contribution is 5.89. The van der Waals surface area contributed by atoms with Crippen LogP contribution in [0.5, 0.6) is 5.88 Å². The quantitative estimate of drug-likeness (QED) is 0.571. The van der Waals surface area contributed by atoms with Crippen molar-refractivity contribution in [1.82, 2.24) is 24.6 Å². The zero-order valence-electron chi connectivity index (χ0n) is 20.4. The SMILES string of the molecule is C[C@@H]1CC/C=C\CNC(=O)[C@@H]2C[C@@H](Oc3nc4nccn4c4ccccc34)CN2C(=O)C[C@H](C)C1. The van der Waals surface area contributed by atoms with Gasteiger partial charge in [-0.25, -0.2) is 4.98 Å². The third kappa shape index (κ3) is 5.01. The van der Waals surface area contributed by atoms with Crippen molar-refractivity contribution in [1.29, 1.82) is 0 Å². The predicted molar refractivity (Wildman–Crippen MR) is 134 cm³/mol. The van der Waals surface area contributed by atoms with E-state index in [-0.39, 0.29) is 23.8 Å². The number of hydrogen-bond donors (Lipinski definition) is 1. The number of fused-ring (bicyclic) bond motifs is 4. The van der Waals surface area contributed by atoms with Crippen molar-refractivity contribution in [3.63, 3.8) is 0 Å². The lowest BCUT2D eigenvalue weighted by Gasteiger charge is -2.26. The number of benzene rings is 1. The molecule has 2 aliphatic heterocycles. The summed E-state index contributed by atoms with van der Waals surface area (Å²) in [5.74, 6) is 1.75. The van der Waals surface area contributed by atoms with E-state index in [0.29, 0.717) is 43.5 Å². The van der Waals surface area contributed by atoms with Gasteiger partial charge in [0, 0.05) is 31.8 Å². The average Bonchev–Trinajstić information content (AvgIpc) is 3.48. The predicted octanol–water partition coefficient (Wildman–Crippen LogP) is 3.75. The van der Waals surface area contributed by atoms with Gasteiger partial charge >= 0.3 is 0 Å². The molecule has 5 rings (SSSR count). The highest BCUT2D eigenvalue weighted by Crippen LogP contribution is 2.30. The summed E-state index contributed by atoms with van der Waals surface area (Å²) < 4.78 is 8.30. The standard InChI is InChI=1S/C27H33N5O3/c1-18-8-4-3-7-11-28-25(34)23-16-20(17-32(23)24(33)15-19(2)14-18)35-26-21-9-5-6-10-22(21)31-13-12-29-27(31)30-26/h3,5-7,9-10,12-13,18-20,23H,4,8,11,14-17H2,1-2H3,(H,28,34)/b7-3-/t18-,19-,20-,23+/m1/s1. The number of carbonyl (C=O) groups is 2. The van der Waals surface area contributed by atoms with Gasteiger partial charge in [0.1, 0.15) is 12.1 Å². The van der Waals surface area contributed by atoms with E-state index in [1.54, 1.807) is 11.1 Å². The zero-order valence-corrected chi connectivity index (χ0v) is 20.4. The minimum Gasteiger partial charge on any atom is -0.472 e.